The topological polar surface area (TPSA) is 43.0 Å². The summed E-state index contributed by atoms with van der Waals surface area (Å²) >= 11 is 0. The lowest BCUT2D eigenvalue weighted by Gasteiger charge is -2.12. The molecule has 19 heavy (non-hydrogen) atoms. The normalized spacial score (nSPS) is 11.3. The number of nitrogens with zero attached hydrogens (tertiary/aromatic N) is 2. The van der Waals surface area contributed by atoms with Gasteiger partial charge in [-0.2, -0.15) is 5.10 Å². The predicted octanol–water partition coefficient (Wildman–Crippen LogP) is 3.17. The van der Waals surface area contributed by atoms with Crippen molar-refractivity contribution in [2.45, 2.75) is 45.7 Å². The van der Waals surface area contributed by atoms with Crippen LogP contribution in [0.1, 0.15) is 44.2 Å². The van der Waals surface area contributed by atoms with Crippen LogP contribution in [0, 0.1) is 0 Å². The van der Waals surface area contributed by atoms with Crippen LogP contribution in [0.3, 0.4) is 0 Å². The summed E-state index contributed by atoms with van der Waals surface area (Å²) in [7, 11) is 0. The second kappa shape index (κ2) is 7.14. The molecule has 0 bridgehead atoms. The lowest BCUT2D eigenvalue weighted by molar-refractivity contribution is 0.424. The molecule has 0 aliphatic heterocycles. The Balaban J connectivity index is 1.74. The summed E-state index contributed by atoms with van der Waals surface area (Å²) in [4.78, 5) is 0. The number of aromatic nitrogens is 2. The SMILES string of the molecule is CCC(CC)n1ccc(CNCCc2ccco2)n1. The van der Waals surface area contributed by atoms with Crippen molar-refractivity contribution in [3.8, 4) is 0 Å². The summed E-state index contributed by atoms with van der Waals surface area (Å²) in [5, 5.41) is 8.01. The summed E-state index contributed by atoms with van der Waals surface area (Å²) < 4.78 is 7.38. The van der Waals surface area contributed by atoms with Gasteiger partial charge in [0.05, 0.1) is 18.0 Å². The van der Waals surface area contributed by atoms with Gasteiger partial charge in [-0.15, -0.1) is 0 Å². The Kier molecular flexibility index (Phi) is 5.21. The standard InChI is InChI=1S/C15H23N3O/c1-3-14(4-2)18-10-8-13(17-18)12-16-9-7-15-6-5-11-19-15/h5-6,8,10-11,14,16H,3-4,7,9,12H2,1-2H3. The summed E-state index contributed by atoms with van der Waals surface area (Å²) in [5.41, 5.74) is 1.10. The number of hydrogen-bond donors (Lipinski definition) is 1. The third-order valence-corrected chi connectivity index (χ3v) is 3.41. The fraction of sp³-hybridized carbons (Fsp3) is 0.533. The van der Waals surface area contributed by atoms with Gasteiger partial charge in [-0.05, 0) is 31.0 Å². The highest BCUT2D eigenvalue weighted by molar-refractivity contribution is 5.01. The van der Waals surface area contributed by atoms with Crippen molar-refractivity contribution in [1.29, 1.82) is 0 Å². The van der Waals surface area contributed by atoms with Crippen LogP contribution in [0.4, 0.5) is 0 Å². The summed E-state index contributed by atoms with van der Waals surface area (Å²) in [6, 6.07) is 6.55. The van der Waals surface area contributed by atoms with Gasteiger partial charge in [0.15, 0.2) is 0 Å². The number of furan rings is 1. The molecule has 4 heteroatoms. The third-order valence-electron chi connectivity index (χ3n) is 3.41. The first kappa shape index (κ1) is 13.9. The number of hydrogen-bond acceptors (Lipinski definition) is 3. The van der Waals surface area contributed by atoms with Gasteiger partial charge >= 0.3 is 0 Å². The molecule has 0 unspecified atom stereocenters. The molecule has 2 heterocycles. The molecule has 0 aromatic carbocycles. The molecule has 0 atom stereocenters. The molecule has 1 N–H and O–H groups in total. The van der Waals surface area contributed by atoms with Crippen LogP contribution in [-0.4, -0.2) is 16.3 Å². The molecule has 0 saturated heterocycles. The Bertz CT molecular complexity index is 457. The van der Waals surface area contributed by atoms with Crippen molar-refractivity contribution in [1.82, 2.24) is 15.1 Å². The predicted molar refractivity (Wildman–Crippen MR) is 76.0 cm³/mol. The van der Waals surface area contributed by atoms with Crippen molar-refractivity contribution < 1.29 is 4.42 Å². The maximum Gasteiger partial charge on any atom is 0.105 e. The minimum Gasteiger partial charge on any atom is -0.469 e. The van der Waals surface area contributed by atoms with Gasteiger partial charge in [0.25, 0.3) is 0 Å². The summed E-state index contributed by atoms with van der Waals surface area (Å²) in [6.45, 7) is 6.13. The van der Waals surface area contributed by atoms with Crippen LogP contribution in [0.2, 0.25) is 0 Å². The maximum atomic E-state index is 5.29. The summed E-state index contributed by atoms with van der Waals surface area (Å²) in [5.74, 6) is 1.02. The van der Waals surface area contributed by atoms with Crippen LogP contribution in [0.15, 0.2) is 35.1 Å². The molecule has 0 radical (unpaired) electrons. The lowest BCUT2D eigenvalue weighted by atomic mass is 10.2. The zero-order chi connectivity index (χ0) is 13.5. The van der Waals surface area contributed by atoms with Gasteiger partial charge in [0.1, 0.15) is 5.76 Å². The highest BCUT2D eigenvalue weighted by Crippen LogP contribution is 2.14. The van der Waals surface area contributed by atoms with Gasteiger partial charge in [0, 0.05) is 25.7 Å². The van der Waals surface area contributed by atoms with Crippen molar-refractivity contribution in [3.05, 3.63) is 42.1 Å². The maximum absolute atomic E-state index is 5.29. The average Bonchev–Trinajstić information content (AvgIpc) is 3.08. The molecule has 0 saturated carbocycles. The quantitative estimate of drug-likeness (QED) is 0.742. The second-order valence-corrected chi connectivity index (χ2v) is 4.76. The molecule has 0 fully saturated rings. The highest BCUT2D eigenvalue weighted by atomic mass is 16.3. The molecule has 104 valence electrons. The molecule has 0 aliphatic rings. The Hall–Kier alpha value is -1.55. The minimum atomic E-state index is 0.525. The fourth-order valence-electron chi connectivity index (χ4n) is 2.22. The molecule has 2 aromatic rings. The van der Waals surface area contributed by atoms with Crippen LogP contribution in [0.5, 0.6) is 0 Å². The monoisotopic (exact) mass is 261 g/mol. The first-order valence-electron chi connectivity index (χ1n) is 7.10. The highest BCUT2D eigenvalue weighted by Gasteiger charge is 2.07. The largest absolute Gasteiger partial charge is 0.469 e. The van der Waals surface area contributed by atoms with Crippen LogP contribution >= 0.6 is 0 Å². The van der Waals surface area contributed by atoms with E-state index in [1.807, 2.05) is 12.1 Å². The van der Waals surface area contributed by atoms with E-state index in [2.05, 4.69) is 41.2 Å². The van der Waals surface area contributed by atoms with E-state index in [0.29, 0.717) is 6.04 Å². The first-order chi connectivity index (χ1) is 9.33. The third kappa shape index (κ3) is 3.96. The Morgan fingerprint density at radius 1 is 1.32 bits per heavy atom. The Labute approximate surface area is 114 Å². The molecule has 4 nitrogen and oxygen atoms in total. The van der Waals surface area contributed by atoms with E-state index in [1.165, 1.54) is 0 Å². The fourth-order valence-corrected chi connectivity index (χ4v) is 2.22. The molecule has 2 aromatic heterocycles. The Morgan fingerprint density at radius 2 is 2.16 bits per heavy atom. The molecular formula is C15H23N3O. The number of rotatable bonds is 8. The smallest absolute Gasteiger partial charge is 0.105 e. The van der Waals surface area contributed by atoms with E-state index in [4.69, 9.17) is 4.42 Å². The molecule has 0 amide bonds. The van der Waals surface area contributed by atoms with Gasteiger partial charge in [-0.1, -0.05) is 13.8 Å². The molecule has 0 spiro atoms. The molecule has 2 rings (SSSR count). The lowest BCUT2D eigenvalue weighted by Crippen LogP contribution is -2.17. The molecular weight excluding hydrogens is 238 g/mol. The molecule has 0 aliphatic carbocycles. The van der Waals surface area contributed by atoms with Crippen molar-refractivity contribution in [2.75, 3.05) is 6.54 Å². The van der Waals surface area contributed by atoms with Gasteiger partial charge in [0.2, 0.25) is 0 Å². The van der Waals surface area contributed by atoms with Gasteiger partial charge in [-0.3, -0.25) is 4.68 Å². The van der Waals surface area contributed by atoms with Crippen molar-refractivity contribution >= 4 is 0 Å². The van der Waals surface area contributed by atoms with Crippen LogP contribution < -0.4 is 5.32 Å². The van der Waals surface area contributed by atoms with Crippen LogP contribution in [0.25, 0.3) is 0 Å². The van der Waals surface area contributed by atoms with Crippen molar-refractivity contribution in [2.24, 2.45) is 0 Å². The van der Waals surface area contributed by atoms with E-state index >= 15 is 0 Å². The van der Waals surface area contributed by atoms with E-state index in [1.54, 1.807) is 6.26 Å². The van der Waals surface area contributed by atoms with Gasteiger partial charge in [-0.25, -0.2) is 0 Å². The number of nitrogens with one attached hydrogen (secondary N) is 1. The first-order valence-corrected chi connectivity index (χ1v) is 7.10. The van der Waals surface area contributed by atoms with E-state index in [9.17, 15) is 0 Å². The van der Waals surface area contributed by atoms with E-state index < -0.39 is 0 Å². The average molecular weight is 261 g/mol. The van der Waals surface area contributed by atoms with Crippen LogP contribution in [-0.2, 0) is 13.0 Å². The zero-order valence-electron chi connectivity index (χ0n) is 11.8. The Morgan fingerprint density at radius 3 is 2.84 bits per heavy atom. The summed E-state index contributed by atoms with van der Waals surface area (Å²) in [6.07, 6.45) is 6.97. The van der Waals surface area contributed by atoms with Crippen molar-refractivity contribution in [3.63, 3.8) is 0 Å². The van der Waals surface area contributed by atoms with E-state index in [0.717, 1.165) is 43.8 Å². The minimum absolute atomic E-state index is 0.525. The van der Waals surface area contributed by atoms with Gasteiger partial charge < -0.3 is 9.73 Å². The second-order valence-electron chi connectivity index (χ2n) is 4.76. The van der Waals surface area contributed by atoms with E-state index in [-0.39, 0.29) is 0 Å². The zero-order valence-corrected chi connectivity index (χ0v) is 11.8.